The van der Waals surface area contributed by atoms with Crippen LogP contribution in [0.25, 0.3) is 0 Å². The van der Waals surface area contributed by atoms with E-state index in [1.54, 1.807) is 0 Å². The Morgan fingerprint density at radius 3 is 1.00 bits per heavy atom. The largest absolute Gasteiger partial charge is 0.0587 e. The molecule has 0 aliphatic heterocycles. The molecule has 0 atom stereocenters. The van der Waals surface area contributed by atoms with Crippen LogP contribution < -0.4 is 0 Å². The van der Waals surface area contributed by atoms with Gasteiger partial charge in [-0.15, -0.1) is 0 Å². The van der Waals surface area contributed by atoms with Gasteiger partial charge in [0.05, 0.1) is 0 Å². The van der Waals surface area contributed by atoms with Crippen molar-refractivity contribution in [2.75, 3.05) is 0 Å². The zero-order chi connectivity index (χ0) is 23.7. The van der Waals surface area contributed by atoms with Gasteiger partial charge in [0.2, 0.25) is 0 Å². The van der Waals surface area contributed by atoms with Gasteiger partial charge in [-0.2, -0.15) is 0 Å². The lowest BCUT2D eigenvalue weighted by Crippen LogP contribution is -2.13. The second-order valence-corrected chi connectivity index (χ2v) is 12.4. The lowest BCUT2D eigenvalue weighted by Gasteiger charge is -2.24. The Labute approximate surface area is 197 Å². The van der Waals surface area contributed by atoms with Crippen molar-refractivity contribution in [1.82, 2.24) is 0 Å². The molecule has 0 aliphatic rings. The highest BCUT2D eigenvalue weighted by molar-refractivity contribution is 5.40. The zero-order valence-corrected chi connectivity index (χ0v) is 21.7. The molecule has 0 aliphatic carbocycles. The summed E-state index contributed by atoms with van der Waals surface area (Å²) in [6.07, 6.45) is 1.01. The lowest BCUT2D eigenvalue weighted by molar-refractivity contribution is 0.588. The summed E-state index contributed by atoms with van der Waals surface area (Å²) in [6, 6.07) is 27.9. The molecule has 0 N–H and O–H groups in total. The minimum Gasteiger partial charge on any atom is -0.0587 e. The van der Waals surface area contributed by atoms with Gasteiger partial charge in [-0.25, -0.2) is 0 Å². The molecule has 0 bridgehead atoms. The molecule has 0 unspecified atom stereocenters. The van der Waals surface area contributed by atoms with Crippen molar-refractivity contribution in [3.63, 3.8) is 0 Å². The van der Waals surface area contributed by atoms with Crippen LogP contribution in [0.2, 0.25) is 0 Å². The fourth-order valence-electron chi connectivity index (χ4n) is 4.24. The van der Waals surface area contributed by atoms with E-state index < -0.39 is 0 Å². The van der Waals surface area contributed by atoms with Crippen molar-refractivity contribution in [3.05, 3.63) is 106 Å². The molecule has 0 saturated carbocycles. The summed E-state index contributed by atoms with van der Waals surface area (Å²) in [6.45, 7) is 20.5. The van der Waals surface area contributed by atoms with Gasteiger partial charge >= 0.3 is 0 Å². The van der Waals surface area contributed by atoms with Gasteiger partial charge in [0.25, 0.3) is 0 Å². The minimum atomic E-state index is 0.172. The summed E-state index contributed by atoms with van der Waals surface area (Å²) in [5, 5.41) is 0. The van der Waals surface area contributed by atoms with Crippen LogP contribution in [0.5, 0.6) is 0 Å². The first-order valence-corrected chi connectivity index (χ1v) is 12.1. The van der Waals surface area contributed by atoms with Crippen molar-refractivity contribution >= 4 is 0 Å². The highest BCUT2D eigenvalue weighted by atomic mass is 14.2. The van der Waals surface area contributed by atoms with Crippen LogP contribution in [0.1, 0.15) is 102 Å². The molecule has 0 nitrogen and oxygen atoms in total. The van der Waals surface area contributed by atoms with Gasteiger partial charge in [0.1, 0.15) is 0 Å². The van der Waals surface area contributed by atoms with E-state index in [9.17, 15) is 0 Å². The maximum absolute atomic E-state index is 2.34. The van der Waals surface area contributed by atoms with Crippen LogP contribution in [-0.4, -0.2) is 0 Å². The van der Waals surface area contributed by atoms with E-state index in [0.717, 1.165) is 6.42 Å². The molecule has 0 radical (unpaired) electrons. The third kappa shape index (κ3) is 5.91. The van der Waals surface area contributed by atoms with E-state index in [1.165, 1.54) is 33.4 Å². The quantitative estimate of drug-likeness (QED) is 0.390. The monoisotopic (exact) mass is 426 g/mol. The highest BCUT2D eigenvalue weighted by Crippen LogP contribution is 2.33. The smallest absolute Gasteiger partial charge is 0.0130 e. The average Bonchev–Trinajstić information content (AvgIpc) is 2.71. The molecule has 0 heterocycles. The fourth-order valence-corrected chi connectivity index (χ4v) is 4.24. The molecular weight excluding hydrogens is 384 g/mol. The van der Waals surface area contributed by atoms with E-state index in [4.69, 9.17) is 0 Å². The molecule has 3 aromatic carbocycles. The Morgan fingerprint density at radius 2 is 0.719 bits per heavy atom. The van der Waals surface area contributed by atoms with Crippen molar-refractivity contribution in [1.29, 1.82) is 0 Å². The van der Waals surface area contributed by atoms with Crippen LogP contribution in [0.15, 0.2) is 72.8 Å². The molecule has 0 fully saturated rings. The minimum absolute atomic E-state index is 0.172. The number of benzene rings is 3. The van der Waals surface area contributed by atoms with E-state index in [2.05, 4.69) is 135 Å². The van der Waals surface area contributed by atoms with Crippen LogP contribution in [0, 0.1) is 0 Å². The van der Waals surface area contributed by atoms with Crippen LogP contribution >= 0.6 is 0 Å². The predicted molar refractivity (Wildman–Crippen MR) is 141 cm³/mol. The van der Waals surface area contributed by atoms with Crippen molar-refractivity contribution in [2.24, 2.45) is 0 Å². The normalized spacial score (nSPS) is 12.9. The number of rotatable bonds is 4. The Kier molecular flexibility index (Phi) is 6.75. The van der Waals surface area contributed by atoms with Gasteiger partial charge in [-0.05, 0) is 56.0 Å². The highest BCUT2D eigenvalue weighted by Gasteiger charge is 2.20. The topological polar surface area (TPSA) is 0 Å². The molecule has 0 amide bonds. The first-order chi connectivity index (χ1) is 14.7. The third-order valence-corrected chi connectivity index (χ3v) is 6.62. The van der Waals surface area contributed by atoms with E-state index in [1.807, 2.05) is 0 Å². The first-order valence-electron chi connectivity index (χ1n) is 12.1. The average molecular weight is 427 g/mol. The maximum atomic E-state index is 2.34. The standard InChI is InChI=1S/C32H42/c1-30(2,3)26-16-10-23(11-17-26)22-29(24-12-18-27(19-13-24)31(4,5)6)25-14-20-28(21-15-25)32(7,8)9/h10-21,29H,22H2,1-9H3. The molecule has 0 spiro atoms. The molecular formula is C32H42. The molecule has 32 heavy (non-hydrogen) atoms. The summed E-state index contributed by atoms with van der Waals surface area (Å²) >= 11 is 0. The maximum Gasteiger partial charge on any atom is 0.0130 e. The molecule has 170 valence electrons. The van der Waals surface area contributed by atoms with Crippen LogP contribution in [0.4, 0.5) is 0 Å². The summed E-state index contributed by atoms with van der Waals surface area (Å²) in [5.74, 6) is 0.346. The van der Waals surface area contributed by atoms with Gasteiger partial charge in [0, 0.05) is 5.92 Å². The summed E-state index contributed by atoms with van der Waals surface area (Å²) in [7, 11) is 0. The Hall–Kier alpha value is -2.34. The zero-order valence-electron chi connectivity index (χ0n) is 21.7. The second kappa shape index (κ2) is 8.89. The SMILES string of the molecule is CC(C)(C)c1ccc(CC(c2ccc(C(C)(C)C)cc2)c2ccc(C(C)(C)C)cc2)cc1. The van der Waals surface area contributed by atoms with Gasteiger partial charge in [0.15, 0.2) is 0 Å². The molecule has 3 aromatic rings. The first kappa shape index (κ1) is 24.3. The van der Waals surface area contributed by atoms with Crippen molar-refractivity contribution < 1.29 is 0 Å². The molecule has 0 heteroatoms. The summed E-state index contributed by atoms with van der Waals surface area (Å²) < 4.78 is 0. The Balaban J connectivity index is 1.97. The summed E-state index contributed by atoms with van der Waals surface area (Å²) in [4.78, 5) is 0. The van der Waals surface area contributed by atoms with Gasteiger partial charge in [-0.3, -0.25) is 0 Å². The van der Waals surface area contributed by atoms with Crippen LogP contribution in [-0.2, 0) is 22.7 Å². The Bertz CT molecular complexity index is 939. The van der Waals surface area contributed by atoms with Gasteiger partial charge < -0.3 is 0 Å². The number of hydrogen-bond donors (Lipinski definition) is 0. The fraction of sp³-hybridized carbons (Fsp3) is 0.438. The molecule has 0 aromatic heterocycles. The molecule has 3 rings (SSSR count). The van der Waals surface area contributed by atoms with Crippen LogP contribution in [0.3, 0.4) is 0 Å². The van der Waals surface area contributed by atoms with Gasteiger partial charge in [-0.1, -0.05) is 135 Å². The third-order valence-electron chi connectivity index (χ3n) is 6.62. The number of hydrogen-bond acceptors (Lipinski definition) is 0. The van der Waals surface area contributed by atoms with E-state index in [-0.39, 0.29) is 16.2 Å². The van der Waals surface area contributed by atoms with E-state index >= 15 is 0 Å². The Morgan fingerprint density at radius 1 is 0.438 bits per heavy atom. The molecule has 0 saturated heterocycles. The predicted octanol–water partition coefficient (Wildman–Crippen LogP) is 8.95. The van der Waals surface area contributed by atoms with Crippen molar-refractivity contribution in [3.8, 4) is 0 Å². The summed E-state index contributed by atoms with van der Waals surface area (Å²) in [5.41, 5.74) is 8.86. The van der Waals surface area contributed by atoms with Crippen molar-refractivity contribution in [2.45, 2.75) is 90.9 Å². The second-order valence-electron chi connectivity index (χ2n) is 12.4. The van der Waals surface area contributed by atoms with E-state index in [0.29, 0.717) is 5.92 Å². The lowest BCUT2D eigenvalue weighted by atomic mass is 9.80.